The fraction of sp³-hybridized carbons (Fsp3) is 0.692. The van der Waals surface area contributed by atoms with Crippen molar-refractivity contribution in [3.05, 3.63) is 21.9 Å². The van der Waals surface area contributed by atoms with E-state index >= 15 is 0 Å². The molecule has 0 aromatic carbocycles. The van der Waals surface area contributed by atoms with Gasteiger partial charge < -0.3 is 5.11 Å². The molecule has 1 fully saturated rings. The lowest BCUT2D eigenvalue weighted by molar-refractivity contribution is 0.134. The summed E-state index contributed by atoms with van der Waals surface area (Å²) in [5, 5.41) is 10.1. The van der Waals surface area contributed by atoms with Crippen LogP contribution < -0.4 is 0 Å². The summed E-state index contributed by atoms with van der Waals surface area (Å²) < 4.78 is 0. The Morgan fingerprint density at radius 1 is 1.33 bits per heavy atom. The third-order valence-corrected chi connectivity index (χ3v) is 4.47. The smallest absolute Gasteiger partial charge is 0.0884 e. The van der Waals surface area contributed by atoms with Crippen LogP contribution >= 0.6 is 11.3 Å². The zero-order valence-corrected chi connectivity index (χ0v) is 10.2. The molecular weight excluding hydrogens is 204 g/mol. The van der Waals surface area contributed by atoms with E-state index in [1.54, 1.807) is 11.3 Å². The molecule has 1 unspecified atom stereocenters. The molecule has 0 bridgehead atoms. The average Bonchev–Trinajstić information content (AvgIpc) is 2.66. The predicted octanol–water partition coefficient (Wildman–Crippen LogP) is 4.06. The van der Waals surface area contributed by atoms with Gasteiger partial charge >= 0.3 is 0 Å². The molecule has 1 atom stereocenters. The molecule has 0 saturated heterocycles. The molecule has 2 heteroatoms. The molecule has 1 aromatic heterocycles. The summed E-state index contributed by atoms with van der Waals surface area (Å²) in [6.07, 6.45) is 7.52. The van der Waals surface area contributed by atoms with Crippen LogP contribution in [0.15, 0.2) is 12.1 Å². The minimum Gasteiger partial charge on any atom is -0.388 e. The van der Waals surface area contributed by atoms with Crippen LogP contribution in [0.25, 0.3) is 0 Å². The Morgan fingerprint density at radius 2 is 2.07 bits per heavy atom. The lowest BCUT2D eigenvalue weighted by Crippen LogP contribution is -2.10. The maximum absolute atomic E-state index is 10.1. The molecule has 1 aliphatic rings. The van der Waals surface area contributed by atoms with Crippen molar-refractivity contribution in [2.24, 2.45) is 5.92 Å². The van der Waals surface area contributed by atoms with Crippen LogP contribution in [0.5, 0.6) is 0 Å². The molecular formula is C13H20OS. The van der Waals surface area contributed by atoms with E-state index in [0.717, 1.165) is 17.2 Å². The molecule has 1 heterocycles. The molecule has 15 heavy (non-hydrogen) atoms. The summed E-state index contributed by atoms with van der Waals surface area (Å²) in [5.41, 5.74) is 0. The van der Waals surface area contributed by atoms with E-state index in [4.69, 9.17) is 0 Å². The van der Waals surface area contributed by atoms with Gasteiger partial charge in [0, 0.05) is 9.75 Å². The summed E-state index contributed by atoms with van der Waals surface area (Å²) in [5.74, 6) is 0.760. The number of aliphatic hydroxyl groups is 1. The van der Waals surface area contributed by atoms with Gasteiger partial charge in [-0.2, -0.15) is 0 Å². The van der Waals surface area contributed by atoms with Crippen molar-refractivity contribution in [3.8, 4) is 0 Å². The van der Waals surface area contributed by atoms with Crippen LogP contribution in [0.2, 0.25) is 0 Å². The number of aryl methyl sites for hydroxylation is 1. The molecule has 0 radical (unpaired) electrons. The van der Waals surface area contributed by atoms with Gasteiger partial charge in [-0.15, -0.1) is 11.3 Å². The number of hydrogen-bond acceptors (Lipinski definition) is 2. The Bertz CT molecular complexity index is 299. The topological polar surface area (TPSA) is 20.2 Å². The molecule has 1 aromatic rings. The SMILES string of the molecule is Cc1ccc(C(O)CC2CCCCC2)s1. The van der Waals surface area contributed by atoms with Gasteiger partial charge in [-0.3, -0.25) is 0 Å². The van der Waals surface area contributed by atoms with E-state index < -0.39 is 0 Å². The highest BCUT2D eigenvalue weighted by Gasteiger charge is 2.19. The predicted molar refractivity (Wildman–Crippen MR) is 65.2 cm³/mol. The normalized spacial score (nSPS) is 20.4. The van der Waals surface area contributed by atoms with E-state index in [0.29, 0.717) is 0 Å². The summed E-state index contributed by atoms with van der Waals surface area (Å²) in [7, 11) is 0. The van der Waals surface area contributed by atoms with E-state index in [-0.39, 0.29) is 6.10 Å². The average molecular weight is 224 g/mol. The molecule has 1 nitrogen and oxygen atoms in total. The van der Waals surface area contributed by atoms with E-state index in [1.165, 1.54) is 37.0 Å². The lowest BCUT2D eigenvalue weighted by atomic mass is 9.85. The Labute approximate surface area is 96.1 Å². The van der Waals surface area contributed by atoms with Crippen LogP contribution in [-0.2, 0) is 0 Å². The summed E-state index contributed by atoms with van der Waals surface area (Å²) in [6, 6.07) is 4.18. The minimum absolute atomic E-state index is 0.216. The maximum Gasteiger partial charge on any atom is 0.0884 e. The molecule has 84 valence electrons. The highest BCUT2D eigenvalue weighted by atomic mass is 32.1. The first kappa shape index (κ1) is 11.2. The standard InChI is InChI=1S/C13H20OS/c1-10-7-8-13(15-10)12(14)9-11-5-3-2-4-6-11/h7-8,11-12,14H,2-6,9H2,1H3. The molecule has 1 aliphatic carbocycles. The quantitative estimate of drug-likeness (QED) is 0.821. The first-order chi connectivity index (χ1) is 7.25. The van der Waals surface area contributed by atoms with Gasteiger partial charge in [-0.25, -0.2) is 0 Å². The Morgan fingerprint density at radius 3 is 2.67 bits per heavy atom. The first-order valence-corrected chi connectivity index (χ1v) is 6.82. The summed E-state index contributed by atoms with van der Waals surface area (Å²) >= 11 is 1.73. The van der Waals surface area contributed by atoms with Crippen molar-refractivity contribution in [2.45, 2.75) is 51.6 Å². The first-order valence-electron chi connectivity index (χ1n) is 6.00. The Kier molecular flexibility index (Phi) is 3.81. The van der Waals surface area contributed by atoms with E-state index in [1.807, 2.05) is 0 Å². The largest absolute Gasteiger partial charge is 0.388 e. The van der Waals surface area contributed by atoms with Gasteiger partial charge in [-0.1, -0.05) is 32.1 Å². The van der Waals surface area contributed by atoms with Crippen LogP contribution in [0.1, 0.15) is 54.4 Å². The van der Waals surface area contributed by atoms with Crippen LogP contribution in [0.3, 0.4) is 0 Å². The Balaban J connectivity index is 1.88. The van der Waals surface area contributed by atoms with Gasteiger partial charge in [0.2, 0.25) is 0 Å². The maximum atomic E-state index is 10.1. The summed E-state index contributed by atoms with van der Waals surface area (Å²) in [6.45, 7) is 2.10. The third-order valence-electron chi connectivity index (χ3n) is 3.37. The summed E-state index contributed by atoms with van der Waals surface area (Å²) in [4.78, 5) is 2.45. The van der Waals surface area contributed by atoms with Crippen molar-refractivity contribution in [1.29, 1.82) is 0 Å². The van der Waals surface area contributed by atoms with Gasteiger partial charge in [0.05, 0.1) is 6.10 Å². The van der Waals surface area contributed by atoms with Gasteiger partial charge in [0.15, 0.2) is 0 Å². The zero-order valence-electron chi connectivity index (χ0n) is 9.41. The minimum atomic E-state index is -0.216. The second kappa shape index (κ2) is 5.13. The highest BCUT2D eigenvalue weighted by Crippen LogP contribution is 2.33. The lowest BCUT2D eigenvalue weighted by Gasteiger charge is -2.23. The van der Waals surface area contributed by atoms with E-state index in [9.17, 15) is 5.11 Å². The van der Waals surface area contributed by atoms with Gasteiger partial charge in [0.25, 0.3) is 0 Å². The van der Waals surface area contributed by atoms with E-state index in [2.05, 4.69) is 19.1 Å². The van der Waals surface area contributed by atoms with Crippen molar-refractivity contribution in [1.82, 2.24) is 0 Å². The van der Waals surface area contributed by atoms with Crippen molar-refractivity contribution >= 4 is 11.3 Å². The number of aliphatic hydroxyl groups excluding tert-OH is 1. The second-order valence-corrected chi connectivity index (χ2v) is 6.02. The van der Waals surface area contributed by atoms with Crippen LogP contribution in [0.4, 0.5) is 0 Å². The van der Waals surface area contributed by atoms with Crippen molar-refractivity contribution in [2.75, 3.05) is 0 Å². The van der Waals surface area contributed by atoms with Crippen LogP contribution in [-0.4, -0.2) is 5.11 Å². The molecule has 1 saturated carbocycles. The van der Waals surface area contributed by atoms with Crippen LogP contribution in [0, 0.1) is 12.8 Å². The zero-order chi connectivity index (χ0) is 10.7. The van der Waals surface area contributed by atoms with Gasteiger partial charge in [-0.05, 0) is 31.4 Å². The third kappa shape index (κ3) is 3.05. The number of rotatable bonds is 3. The number of hydrogen-bond donors (Lipinski definition) is 1. The fourth-order valence-electron chi connectivity index (χ4n) is 2.49. The molecule has 1 N–H and O–H groups in total. The molecule has 0 aliphatic heterocycles. The molecule has 0 spiro atoms. The Hall–Kier alpha value is -0.340. The molecule has 0 amide bonds. The van der Waals surface area contributed by atoms with Crippen molar-refractivity contribution < 1.29 is 5.11 Å². The second-order valence-electron chi connectivity index (χ2n) is 4.70. The monoisotopic (exact) mass is 224 g/mol. The fourth-order valence-corrected chi connectivity index (χ4v) is 3.36. The van der Waals surface area contributed by atoms with Crippen molar-refractivity contribution in [3.63, 3.8) is 0 Å². The van der Waals surface area contributed by atoms with Gasteiger partial charge in [0.1, 0.15) is 0 Å². The highest BCUT2D eigenvalue weighted by molar-refractivity contribution is 7.11. The molecule has 2 rings (SSSR count). The number of thiophene rings is 1.